The number of benzene rings is 1. The summed E-state index contributed by atoms with van der Waals surface area (Å²) < 4.78 is 31.0. The zero-order valence-electron chi connectivity index (χ0n) is 14.2. The molecule has 0 spiro atoms. The molecule has 24 heavy (non-hydrogen) atoms. The molecule has 1 aromatic rings. The summed E-state index contributed by atoms with van der Waals surface area (Å²) in [5, 5.41) is 2.98. The second-order valence-corrected chi connectivity index (χ2v) is 6.98. The Morgan fingerprint density at radius 3 is 2.96 bits per heavy atom. The average molecular weight is 338 g/mol. The number of amides is 1. The smallest absolute Gasteiger partial charge is 0.410 e. The molecule has 7 heteroatoms. The summed E-state index contributed by atoms with van der Waals surface area (Å²) in [6, 6.07) is 3.26. The molecule has 2 aliphatic rings. The van der Waals surface area contributed by atoms with E-state index in [1.165, 1.54) is 0 Å². The first-order valence-corrected chi connectivity index (χ1v) is 8.17. The fraction of sp³-hybridized carbons (Fsp3) is 0.588. The van der Waals surface area contributed by atoms with Gasteiger partial charge in [0.15, 0.2) is 11.6 Å². The number of hydrogen-bond donors (Lipinski definition) is 1. The van der Waals surface area contributed by atoms with Gasteiger partial charge in [0.05, 0.1) is 6.54 Å². The minimum atomic E-state index is -0.535. The molecule has 6 nitrogen and oxygen atoms in total. The lowest BCUT2D eigenvalue weighted by atomic mass is 10.2. The molecular weight excluding hydrogens is 315 g/mol. The maximum Gasteiger partial charge on any atom is 0.410 e. The van der Waals surface area contributed by atoms with Crippen molar-refractivity contribution in [1.82, 2.24) is 4.90 Å². The van der Waals surface area contributed by atoms with Gasteiger partial charge in [0.25, 0.3) is 0 Å². The lowest BCUT2D eigenvalue weighted by molar-refractivity contribution is 0.0275. The molecule has 1 N–H and O–H groups in total. The number of nitrogens with one attached hydrogen (secondary N) is 1. The second kappa shape index (κ2) is 6.37. The van der Waals surface area contributed by atoms with Crippen LogP contribution >= 0.6 is 0 Å². The van der Waals surface area contributed by atoms with Crippen LogP contribution in [0.15, 0.2) is 12.1 Å². The van der Waals surface area contributed by atoms with Gasteiger partial charge in [-0.3, -0.25) is 0 Å². The van der Waals surface area contributed by atoms with Gasteiger partial charge in [-0.05, 0) is 32.9 Å². The van der Waals surface area contributed by atoms with E-state index < -0.39 is 11.4 Å². The molecule has 132 valence electrons. The van der Waals surface area contributed by atoms with E-state index in [0.29, 0.717) is 44.1 Å². The molecule has 1 fully saturated rings. The number of anilines is 1. The van der Waals surface area contributed by atoms with Gasteiger partial charge in [0.2, 0.25) is 0 Å². The highest BCUT2D eigenvalue weighted by atomic mass is 19.1. The van der Waals surface area contributed by atoms with Crippen LogP contribution in [-0.2, 0) is 4.74 Å². The molecule has 1 amide bonds. The minimum absolute atomic E-state index is 0.169. The number of hydrogen-bond acceptors (Lipinski definition) is 5. The van der Waals surface area contributed by atoms with Crippen LogP contribution in [0.5, 0.6) is 11.5 Å². The van der Waals surface area contributed by atoms with Crippen LogP contribution in [0.25, 0.3) is 0 Å². The summed E-state index contributed by atoms with van der Waals surface area (Å²) in [5.41, 5.74) is -0.201. The number of likely N-dealkylation sites (tertiary alicyclic amines) is 1. The molecule has 1 unspecified atom stereocenters. The number of carbonyl (C=O) groups is 1. The van der Waals surface area contributed by atoms with Crippen LogP contribution in [0.1, 0.15) is 27.2 Å². The van der Waals surface area contributed by atoms with Gasteiger partial charge in [-0.25, -0.2) is 9.18 Å². The van der Waals surface area contributed by atoms with Crippen molar-refractivity contribution in [3.63, 3.8) is 0 Å². The van der Waals surface area contributed by atoms with Gasteiger partial charge in [-0.2, -0.15) is 0 Å². The van der Waals surface area contributed by atoms with E-state index >= 15 is 0 Å². The number of halogens is 1. The van der Waals surface area contributed by atoms with Crippen LogP contribution in [0, 0.1) is 5.82 Å². The average Bonchev–Trinajstić information content (AvgIpc) is 2.97. The monoisotopic (exact) mass is 338 g/mol. The Balaban J connectivity index is 1.63. The maximum absolute atomic E-state index is 14.5. The fourth-order valence-electron chi connectivity index (χ4n) is 2.75. The molecule has 0 saturated carbocycles. The fourth-order valence-corrected chi connectivity index (χ4v) is 2.75. The van der Waals surface area contributed by atoms with Gasteiger partial charge in [-0.15, -0.1) is 0 Å². The van der Waals surface area contributed by atoms with Gasteiger partial charge < -0.3 is 24.4 Å². The Kier molecular flexibility index (Phi) is 4.43. The Hall–Kier alpha value is -2.18. The van der Waals surface area contributed by atoms with E-state index in [4.69, 9.17) is 14.2 Å². The van der Waals surface area contributed by atoms with E-state index in [1.807, 2.05) is 20.8 Å². The first-order valence-electron chi connectivity index (χ1n) is 8.17. The molecule has 2 aliphatic heterocycles. The van der Waals surface area contributed by atoms with Crippen LogP contribution in [0.2, 0.25) is 0 Å². The number of carbonyl (C=O) groups excluding carboxylic acids is 1. The van der Waals surface area contributed by atoms with E-state index in [-0.39, 0.29) is 17.9 Å². The first kappa shape index (κ1) is 16.7. The summed E-state index contributed by atoms with van der Waals surface area (Å²) in [6.07, 6.45) is 0.0174. The predicted molar refractivity (Wildman–Crippen MR) is 87.2 cm³/mol. The molecule has 0 bridgehead atoms. The maximum atomic E-state index is 14.5. The minimum Gasteiger partial charge on any atom is -0.489 e. The summed E-state index contributed by atoms with van der Waals surface area (Å²) in [7, 11) is 0. The van der Waals surface area contributed by atoms with Crippen LogP contribution in [0.3, 0.4) is 0 Å². The summed E-state index contributed by atoms with van der Waals surface area (Å²) >= 11 is 0. The SMILES string of the molecule is CC(C)(C)OC(=O)N1CCC(Oc2ccc3c(c2F)NCCO3)C1. The number of fused-ring (bicyclic) bond motifs is 1. The summed E-state index contributed by atoms with van der Waals surface area (Å²) in [6.45, 7) is 7.47. The van der Waals surface area contributed by atoms with E-state index in [0.717, 1.165) is 0 Å². The Morgan fingerprint density at radius 1 is 1.42 bits per heavy atom. The van der Waals surface area contributed by atoms with Gasteiger partial charge in [-0.1, -0.05) is 0 Å². The zero-order chi connectivity index (χ0) is 17.3. The first-order chi connectivity index (χ1) is 11.3. The third-order valence-electron chi connectivity index (χ3n) is 3.82. The van der Waals surface area contributed by atoms with Crippen LogP contribution in [0.4, 0.5) is 14.9 Å². The molecule has 1 saturated heterocycles. The van der Waals surface area contributed by atoms with Crippen LogP contribution < -0.4 is 14.8 Å². The van der Waals surface area contributed by atoms with Crippen molar-refractivity contribution < 1.29 is 23.4 Å². The van der Waals surface area contributed by atoms with E-state index in [2.05, 4.69) is 5.32 Å². The van der Waals surface area contributed by atoms with Crippen molar-refractivity contribution in [3.8, 4) is 11.5 Å². The zero-order valence-corrected chi connectivity index (χ0v) is 14.2. The van der Waals surface area contributed by atoms with Crippen LogP contribution in [-0.4, -0.2) is 48.9 Å². The lowest BCUT2D eigenvalue weighted by Gasteiger charge is -2.24. The highest BCUT2D eigenvalue weighted by Crippen LogP contribution is 2.36. The molecule has 0 aromatic heterocycles. The topological polar surface area (TPSA) is 60.0 Å². The molecule has 1 atom stereocenters. The third kappa shape index (κ3) is 3.66. The molecule has 1 aromatic carbocycles. The second-order valence-electron chi connectivity index (χ2n) is 6.98. The molecule has 0 aliphatic carbocycles. The Labute approximate surface area is 140 Å². The standard InChI is InChI=1S/C17H23FN2O4/c1-17(2,3)24-16(21)20-8-6-11(10-20)23-12-4-5-13-15(14(12)18)19-7-9-22-13/h4-5,11,19H,6-10H2,1-3H3. The van der Waals surface area contributed by atoms with Crippen molar-refractivity contribution >= 4 is 11.8 Å². The number of nitrogens with zero attached hydrogens (tertiary/aromatic N) is 1. The van der Waals surface area contributed by atoms with Crippen molar-refractivity contribution in [1.29, 1.82) is 0 Å². The van der Waals surface area contributed by atoms with Crippen molar-refractivity contribution in [2.75, 3.05) is 31.6 Å². The van der Waals surface area contributed by atoms with E-state index in [1.54, 1.807) is 17.0 Å². The highest BCUT2D eigenvalue weighted by molar-refractivity contribution is 5.68. The van der Waals surface area contributed by atoms with Crippen molar-refractivity contribution in [3.05, 3.63) is 17.9 Å². The molecule has 0 radical (unpaired) electrons. The molecule has 3 rings (SSSR count). The van der Waals surface area contributed by atoms with Crippen molar-refractivity contribution in [2.24, 2.45) is 0 Å². The number of ether oxygens (including phenoxy) is 3. The number of rotatable bonds is 2. The molecule has 2 heterocycles. The lowest BCUT2D eigenvalue weighted by Crippen LogP contribution is -2.36. The quantitative estimate of drug-likeness (QED) is 0.898. The third-order valence-corrected chi connectivity index (χ3v) is 3.82. The predicted octanol–water partition coefficient (Wildman–Crippen LogP) is 3.02. The van der Waals surface area contributed by atoms with Gasteiger partial charge >= 0.3 is 6.09 Å². The van der Waals surface area contributed by atoms with Gasteiger partial charge in [0, 0.05) is 19.5 Å². The van der Waals surface area contributed by atoms with Crippen molar-refractivity contribution in [2.45, 2.75) is 38.9 Å². The van der Waals surface area contributed by atoms with E-state index in [9.17, 15) is 9.18 Å². The Morgan fingerprint density at radius 2 is 2.21 bits per heavy atom. The summed E-state index contributed by atoms with van der Waals surface area (Å²) in [4.78, 5) is 13.7. The van der Waals surface area contributed by atoms with Gasteiger partial charge in [0.1, 0.15) is 29.7 Å². The highest BCUT2D eigenvalue weighted by Gasteiger charge is 2.31. The normalized spacial score (nSPS) is 20.0. The molecular formula is C17H23FN2O4. The summed E-state index contributed by atoms with van der Waals surface area (Å²) in [5.74, 6) is 0.207. The largest absolute Gasteiger partial charge is 0.489 e. The Bertz CT molecular complexity index is 630.